The highest BCUT2D eigenvalue weighted by Gasteiger charge is 2.45. The van der Waals surface area contributed by atoms with Crippen LogP contribution in [-0.4, -0.2) is 22.6 Å². The van der Waals surface area contributed by atoms with Crippen molar-refractivity contribution < 1.29 is 9.53 Å². The number of hydrogen-bond donors (Lipinski definition) is 1. The molecule has 1 aromatic carbocycles. The number of aromatic nitrogens is 2. The first kappa shape index (κ1) is 17.1. The van der Waals surface area contributed by atoms with Gasteiger partial charge < -0.3 is 14.6 Å². The number of carbonyl (C=O) groups is 1. The lowest BCUT2D eigenvalue weighted by Gasteiger charge is -2.31. The van der Waals surface area contributed by atoms with Gasteiger partial charge in [0.1, 0.15) is 11.6 Å². The number of benzene rings is 1. The summed E-state index contributed by atoms with van der Waals surface area (Å²) in [6, 6.07) is 8.03. The van der Waals surface area contributed by atoms with Crippen LogP contribution in [0.25, 0.3) is 0 Å². The molecular formula is C21H27N3O2. The minimum absolute atomic E-state index is 0.0122. The van der Waals surface area contributed by atoms with Crippen molar-refractivity contribution in [1.29, 1.82) is 0 Å². The summed E-state index contributed by atoms with van der Waals surface area (Å²) in [4.78, 5) is 18.0. The van der Waals surface area contributed by atoms with E-state index in [1.165, 1.54) is 0 Å². The van der Waals surface area contributed by atoms with Gasteiger partial charge in [-0.2, -0.15) is 0 Å². The third-order valence-corrected chi connectivity index (χ3v) is 6.05. The molecule has 1 heterocycles. The van der Waals surface area contributed by atoms with E-state index in [9.17, 15) is 4.79 Å². The van der Waals surface area contributed by atoms with E-state index in [-0.39, 0.29) is 11.9 Å². The smallest absolute Gasteiger partial charge is 0.231 e. The van der Waals surface area contributed by atoms with Crippen LogP contribution in [0.5, 0.6) is 5.75 Å². The molecule has 0 spiro atoms. The largest absolute Gasteiger partial charge is 0.497 e. The maximum Gasteiger partial charge on any atom is 0.231 e. The van der Waals surface area contributed by atoms with E-state index in [4.69, 9.17) is 4.74 Å². The Bertz CT molecular complexity index is 771. The number of ether oxygens (including phenoxy) is 1. The molecule has 26 heavy (non-hydrogen) atoms. The van der Waals surface area contributed by atoms with Gasteiger partial charge in [-0.05, 0) is 49.3 Å². The highest BCUT2D eigenvalue weighted by Crippen LogP contribution is 2.45. The van der Waals surface area contributed by atoms with Crippen molar-refractivity contribution in [1.82, 2.24) is 14.9 Å². The molecule has 2 aromatic rings. The molecule has 0 radical (unpaired) electrons. The van der Waals surface area contributed by atoms with Crippen LogP contribution in [-0.2, 0) is 17.3 Å². The van der Waals surface area contributed by atoms with Gasteiger partial charge in [-0.3, -0.25) is 4.79 Å². The fourth-order valence-electron chi connectivity index (χ4n) is 4.31. The summed E-state index contributed by atoms with van der Waals surface area (Å²) >= 11 is 0. The van der Waals surface area contributed by atoms with Crippen LogP contribution in [0.1, 0.15) is 56.0 Å². The van der Waals surface area contributed by atoms with Crippen LogP contribution in [0.2, 0.25) is 0 Å². The summed E-state index contributed by atoms with van der Waals surface area (Å²) in [5.74, 6) is 2.45. The third-order valence-electron chi connectivity index (χ3n) is 6.05. The summed E-state index contributed by atoms with van der Waals surface area (Å²) in [6.07, 6.45) is 10.1. The lowest BCUT2D eigenvalue weighted by molar-refractivity contribution is -0.127. The number of aryl methyl sites for hydroxylation is 1. The Morgan fingerprint density at radius 3 is 2.50 bits per heavy atom. The second-order valence-corrected chi connectivity index (χ2v) is 7.70. The Balaban J connectivity index is 1.61. The quantitative estimate of drug-likeness (QED) is 0.865. The third kappa shape index (κ3) is 3.00. The summed E-state index contributed by atoms with van der Waals surface area (Å²) in [5.41, 5.74) is 0.674. The summed E-state index contributed by atoms with van der Waals surface area (Å²) in [6.45, 7) is 0. The minimum atomic E-state index is -0.426. The summed E-state index contributed by atoms with van der Waals surface area (Å²) in [7, 11) is 3.67. The van der Waals surface area contributed by atoms with Gasteiger partial charge in [0.05, 0.1) is 18.6 Å². The molecule has 0 unspecified atom stereocenters. The standard InChI is InChI=1S/C21H27N3O2/c1-24-14-13-22-19(24)18(15-5-6-15)23-20(25)21(11-3-4-12-21)16-7-9-17(26-2)10-8-16/h7-10,13-15,18H,3-6,11-12H2,1-2H3,(H,23,25)/t18-/m1/s1. The Morgan fingerprint density at radius 2 is 1.96 bits per heavy atom. The van der Waals surface area contributed by atoms with E-state index in [2.05, 4.69) is 22.4 Å². The molecule has 1 atom stereocenters. The van der Waals surface area contributed by atoms with Gasteiger partial charge in [-0.25, -0.2) is 4.98 Å². The Morgan fingerprint density at radius 1 is 1.27 bits per heavy atom. The number of imidazole rings is 1. The van der Waals surface area contributed by atoms with Crippen LogP contribution in [0, 0.1) is 5.92 Å². The molecule has 2 aliphatic carbocycles. The van der Waals surface area contributed by atoms with Crippen LogP contribution < -0.4 is 10.1 Å². The van der Waals surface area contributed by atoms with Crippen LogP contribution in [0.15, 0.2) is 36.7 Å². The van der Waals surface area contributed by atoms with E-state index >= 15 is 0 Å². The van der Waals surface area contributed by atoms with Gasteiger partial charge in [-0.15, -0.1) is 0 Å². The highest BCUT2D eigenvalue weighted by molar-refractivity contribution is 5.89. The molecule has 1 amide bonds. The number of methoxy groups -OCH3 is 1. The zero-order chi connectivity index (χ0) is 18.1. The molecule has 0 bridgehead atoms. The fraction of sp³-hybridized carbons (Fsp3) is 0.524. The van der Waals surface area contributed by atoms with E-state index in [1.54, 1.807) is 7.11 Å². The zero-order valence-corrected chi connectivity index (χ0v) is 15.6. The SMILES string of the molecule is COc1ccc(C2(C(=O)N[C@@H](c3nccn3C)C3CC3)CCCC2)cc1. The van der Waals surface area contributed by atoms with E-state index < -0.39 is 5.41 Å². The van der Waals surface area contributed by atoms with Crippen molar-refractivity contribution in [3.05, 3.63) is 48.0 Å². The Labute approximate surface area is 154 Å². The van der Waals surface area contributed by atoms with E-state index in [0.29, 0.717) is 5.92 Å². The highest BCUT2D eigenvalue weighted by atomic mass is 16.5. The lowest BCUT2D eigenvalue weighted by atomic mass is 9.77. The second kappa shape index (κ2) is 6.78. The predicted octanol–water partition coefficient (Wildman–Crippen LogP) is 3.51. The maximum absolute atomic E-state index is 13.5. The number of nitrogens with one attached hydrogen (secondary N) is 1. The van der Waals surface area contributed by atoms with E-state index in [1.807, 2.05) is 36.1 Å². The van der Waals surface area contributed by atoms with Gasteiger partial charge in [0.2, 0.25) is 5.91 Å². The summed E-state index contributed by atoms with van der Waals surface area (Å²) in [5, 5.41) is 3.38. The topological polar surface area (TPSA) is 56.1 Å². The minimum Gasteiger partial charge on any atom is -0.497 e. The molecule has 2 saturated carbocycles. The monoisotopic (exact) mass is 353 g/mol. The number of nitrogens with zero attached hydrogens (tertiary/aromatic N) is 2. The fourth-order valence-corrected chi connectivity index (χ4v) is 4.31. The first-order valence-corrected chi connectivity index (χ1v) is 9.57. The van der Waals surface area contributed by atoms with Crippen LogP contribution >= 0.6 is 0 Å². The van der Waals surface area contributed by atoms with Crippen molar-refractivity contribution in [3.8, 4) is 5.75 Å². The number of rotatable bonds is 6. The number of hydrogen-bond acceptors (Lipinski definition) is 3. The van der Waals surface area contributed by atoms with Crippen molar-refractivity contribution in [2.75, 3.05) is 7.11 Å². The Kier molecular flexibility index (Phi) is 4.47. The molecule has 2 fully saturated rings. The van der Waals surface area contributed by atoms with Crippen LogP contribution in [0.4, 0.5) is 0 Å². The van der Waals surface area contributed by atoms with Crippen LogP contribution in [0.3, 0.4) is 0 Å². The van der Waals surface area contributed by atoms with Crippen molar-refractivity contribution in [2.45, 2.75) is 50.0 Å². The first-order chi connectivity index (χ1) is 12.6. The van der Waals surface area contributed by atoms with Gasteiger partial charge >= 0.3 is 0 Å². The average molecular weight is 353 g/mol. The molecule has 138 valence electrons. The number of carbonyl (C=O) groups excluding carboxylic acids is 1. The predicted molar refractivity (Wildman–Crippen MR) is 100.0 cm³/mol. The molecule has 1 aromatic heterocycles. The molecule has 4 rings (SSSR count). The molecule has 5 heteroatoms. The average Bonchev–Trinajstić information content (AvgIpc) is 3.22. The van der Waals surface area contributed by atoms with Gasteiger partial charge in [0, 0.05) is 19.4 Å². The molecule has 5 nitrogen and oxygen atoms in total. The van der Waals surface area contributed by atoms with Gasteiger partial charge in [-0.1, -0.05) is 25.0 Å². The summed E-state index contributed by atoms with van der Waals surface area (Å²) < 4.78 is 7.31. The lowest BCUT2D eigenvalue weighted by Crippen LogP contribution is -2.45. The van der Waals surface area contributed by atoms with E-state index in [0.717, 1.165) is 55.7 Å². The molecular weight excluding hydrogens is 326 g/mol. The molecule has 2 aliphatic rings. The van der Waals surface area contributed by atoms with Gasteiger partial charge in [0.15, 0.2) is 0 Å². The molecule has 0 saturated heterocycles. The number of amides is 1. The van der Waals surface area contributed by atoms with Gasteiger partial charge in [0.25, 0.3) is 0 Å². The second-order valence-electron chi connectivity index (χ2n) is 7.70. The molecule has 1 N–H and O–H groups in total. The normalized spacial score (nSPS) is 19.9. The zero-order valence-electron chi connectivity index (χ0n) is 15.6. The Hall–Kier alpha value is -2.30. The van der Waals surface area contributed by atoms with Crippen molar-refractivity contribution >= 4 is 5.91 Å². The maximum atomic E-state index is 13.5. The first-order valence-electron chi connectivity index (χ1n) is 9.57. The van der Waals surface area contributed by atoms with Crippen molar-refractivity contribution in [3.63, 3.8) is 0 Å². The molecule has 0 aliphatic heterocycles. The van der Waals surface area contributed by atoms with Crippen molar-refractivity contribution in [2.24, 2.45) is 13.0 Å².